The lowest BCUT2D eigenvalue weighted by Crippen LogP contribution is -2.30. The quantitative estimate of drug-likeness (QED) is 0.399. The predicted molar refractivity (Wildman–Crippen MR) is 129 cm³/mol. The molecule has 5 rings (SSSR count). The average Bonchev–Trinajstić information content (AvgIpc) is 3.44. The summed E-state index contributed by atoms with van der Waals surface area (Å²) in [5.41, 5.74) is 5.15. The summed E-state index contributed by atoms with van der Waals surface area (Å²) >= 11 is 5.82. The van der Waals surface area contributed by atoms with Gasteiger partial charge in [0.05, 0.1) is 11.7 Å². The van der Waals surface area contributed by atoms with Crippen molar-refractivity contribution in [3.05, 3.63) is 114 Å². The summed E-state index contributed by atoms with van der Waals surface area (Å²) in [7, 11) is 0. The van der Waals surface area contributed by atoms with E-state index in [4.69, 9.17) is 12.2 Å². The molecule has 3 heterocycles. The van der Waals surface area contributed by atoms with Crippen LogP contribution in [0.1, 0.15) is 36.0 Å². The number of hydrogen-bond acceptors (Lipinski definition) is 2. The lowest BCUT2D eigenvalue weighted by atomic mass is 10.0. The van der Waals surface area contributed by atoms with Gasteiger partial charge in [0.1, 0.15) is 11.9 Å². The summed E-state index contributed by atoms with van der Waals surface area (Å²) in [6.07, 6.45) is 4.78. The number of aryl methyl sites for hydroxylation is 1. The van der Waals surface area contributed by atoms with E-state index in [0.29, 0.717) is 5.11 Å². The fraction of sp³-hybridized carbons (Fsp3) is 0.154. The second-order valence-electron chi connectivity index (χ2n) is 7.80. The van der Waals surface area contributed by atoms with Gasteiger partial charge in [0.2, 0.25) is 0 Å². The Morgan fingerprint density at radius 2 is 1.69 bits per heavy atom. The Kier molecular flexibility index (Phi) is 5.45. The van der Waals surface area contributed by atoms with Crippen LogP contribution in [-0.4, -0.2) is 14.7 Å². The minimum Gasteiger partial charge on any atom is -0.351 e. The van der Waals surface area contributed by atoms with E-state index < -0.39 is 0 Å². The van der Waals surface area contributed by atoms with Crippen molar-refractivity contribution in [3.63, 3.8) is 0 Å². The van der Waals surface area contributed by atoms with Crippen molar-refractivity contribution in [3.8, 4) is 5.69 Å². The van der Waals surface area contributed by atoms with Crippen LogP contribution < -0.4 is 10.2 Å². The highest BCUT2D eigenvalue weighted by Crippen LogP contribution is 2.42. The number of hydrogen-bond donors (Lipinski definition) is 1. The van der Waals surface area contributed by atoms with E-state index in [1.807, 2.05) is 30.5 Å². The van der Waals surface area contributed by atoms with Crippen molar-refractivity contribution < 1.29 is 4.39 Å². The van der Waals surface area contributed by atoms with Gasteiger partial charge in [-0.05, 0) is 84.9 Å². The van der Waals surface area contributed by atoms with Crippen LogP contribution in [0.4, 0.5) is 10.1 Å². The summed E-state index contributed by atoms with van der Waals surface area (Å²) in [6.45, 7) is 2.15. The fourth-order valence-corrected chi connectivity index (χ4v) is 4.64. The van der Waals surface area contributed by atoms with Gasteiger partial charge in [0.25, 0.3) is 0 Å². The first-order valence-electron chi connectivity index (χ1n) is 10.7. The monoisotopic (exact) mass is 442 g/mol. The molecule has 32 heavy (non-hydrogen) atoms. The zero-order chi connectivity index (χ0) is 22.1. The summed E-state index contributed by atoms with van der Waals surface area (Å²) in [5.74, 6) is -0.254. The Balaban J connectivity index is 1.64. The maximum absolute atomic E-state index is 13.6. The molecule has 0 bridgehead atoms. The Hall–Kier alpha value is -3.51. The standard InChI is InChI=1S/C26H23FN4S/c1-2-18-8-12-21(13-9-18)31-25(24(29-26(31)32)22-6-3-4-16-28-22)23-7-5-17-30(23)20-14-10-19(27)11-15-20/h3-17,24-25H,2H2,1H3,(H,29,32)/t24-,25-/m0/s1. The highest BCUT2D eigenvalue weighted by molar-refractivity contribution is 7.80. The molecule has 2 aromatic heterocycles. The summed E-state index contributed by atoms with van der Waals surface area (Å²) in [4.78, 5) is 6.77. The van der Waals surface area contributed by atoms with Crippen molar-refractivity contribution in [1.82, 2.24) is 14.9 Å². The Morgan fingerprint density at radius 3 is 2.38 bits per heavy atom. The Bertz CT molecular complexity index is 1220. The number of nitrogens with one attached hydrogen (secondary N) is 1. The molecular weight excluding hydrogens is 419 g/mol. The normalized spacial score (nSPS) is 18.1. The van der Waals surface area contributed by atoms with Crippen molar-refractivity contribution >= 4 is 23.0 Å². The van der Waals surface area contributed by atoms with Crippen molar-refractivity contribution in [2.24, 2.45) is 0 Å². The van der Waals surface area contributed by atoms with Crippen LogP contribution in [0.2, 0.25) is 0 Å². The van der Waals surface area contributed by atoms with Gasteiger partial charge in [0, 0.05) is 29.5 Å². The van der Waals surface area contributed by atoms with Gasteiger partial charge in [-0.3, -0.25) is 4.98 Å². The van der Waals surface area contributed by atoms with Crippen LogP contribution in [0.25, 0.3) is 5.69 Å². The van der Waals surface area contributed by atoms with E-state index in [9.17, 15) is 4.39 Å². The molecule has 0 unspecified atom stereocenters. The minimum absolute atomic E-state index is 0.134. The van der Waals surface area contributed by atoms with E-state index in [2.05, 4.69) is 57.0 Å². The number of benzene rings is 2. The molecule has 1 fully saturated rings. The molecule has 0 saturated carbocycles. The molecule has 1 saturated heterocycles. The van der Waals surface area contributed by atoms with Gasteiger partial charge < -0.3 is 14.8 Å². The number of halogens is 1. The molecule has 4 nitrogen and oxygen atoms in total. The summed E-state index contributed by atoms with van der Waals surface area (Å²) in [6, 6.07) is 24.8. The fourth-order valence-electron chi connectivity index (χ4n) is 4.30. The molecule has 0 aliphatic carbocycles. The second kappa shape index (κ2) is 8.55. The first kappa shape index (κ1) is 20.4. The van der Waals surface area contributed by atoms with Crippen molar-refractivity contribution in [2.75, 3.05) is 4.90 Å². The number of pyridine rings is 1. The highest BCUT2D eigenvalue weighted by atomic mass is 32.1. The molecule has 1 aliphatic rings. The van der Waals surface area contributed by atoms with Crippen molar-refractivity contribution in [2.45, 2.75) is 25.4 Å². The average molecular weight is 443 g/mol. The molecule has 6 heteroatoms. The molecule has 0 radical (unpaired) electrons. The smallest absolute Gasteiger partial charge is 0.174 e. The summed E-state index contributed by atoms with van der Waals surface area (Å²) < 4.78 is 15.6. The molecule has 0 spiro atoms. The highest BCUT2D eigenvalue weighted by Gasteiger charge is 2.42. The molecule has 1 aliphatic heterocycles. The molecule has 2 atom stereocenters. The van der Waals surface area contributed by atoms with Crippen LogP contribution in [0.3, 0.4) is 0 Å². The van der Waals surface area contributed by atoms with E-state index in [0.717, 1.165) is 29.2 Å². The molecule has 0 amide bonds. The van der Waals surface area contributed by atoms with Crippen molar-refractivity contribution in [1.29, 1.82) is 0 Å². The van der Waals surface area contributed by atoms with Gasteiger partial charge in [-0.15, -0.1) is 0 Å². The third-order valence-electron chi connectivity index (χ3n) is 5.91. The largest absolute Gasteiger partial charge is 0.351 e. The van der Waals surface area contributed by atoms with Gasteiger partial charge in [-0.2, -0.15) is 0 Å². The Morgan fingerprint density at radius 1 is 0.938 bits per heavy atom. The number of aromatic nitrogens is 2. The van der Waals surface area contributed by atoms with E-state index >= 15 is 0 Å². The molecular formula is C26H23FN4S. The van der Waals surface area contributed by atoms with E-state index in [-0.39, 0.29) is 17.9 Å². The lowest BCUT2D eigenvalue weighted by Gasteiger charge is -2.29. The third-order valence-corrected chi connectivity index (χ3v) is 6.22. The zero-order valence-corrected chi connectivity index (χ0v) is 18.5. The molecule has 4 aromatic rings. The van der Waals surface area contributed by atoms with Gasteiger partial charge >= 0.3 is 0 Å². The lowest BCUT2D eigenvalue weighted by molar-refractivity contribution is 0.549. The van der Waals surface area contributed by atoms with E-state index in [1.54, 1.807) is 18.3 Å². The Labute approximate surface area is 192 Å². The zero-order valence-electron chi connectivity index (χ0n) is 17.6. The van der Waals surface area contributed by atoms with Crippen LogP contribution in [0, 0.1) is 5.82 Å². The van der Waals surface area contributed by atoms with Gasteiger partial charge in [0.15, 0.2) is 5.11 Å². The predicted octanol–water partition coefficient (Wildman–Crippen LogP) is 5.75. The molecule has 2 aromatic carbocycles. The number of rotatable bonds is 5. The SMILES string of the molecule is CCc1ccc(N2C(=S)N[C@@H](c3ccccn3)[C@@H]2c2cccn2-c2ccc(F)cc2)cc1. The molecule has 160 valence electrons. The number of nitrogens with zero attached hydrogens (tertiary/aromatic N) is 3. The topological polar surface area (TPSA) is 33.1 Å². The first-order valence-corrected chi connectivity index (χ1v) is 11.1. The van der Waals surface area contributed by atoms with Crippen LogP contribution >= 0.6 is 12.2 Å². The number of thiocarbonyl (C=S) groups is 1. The second-order valence-corrected chi connectivity index (χ2v) is 8.18. The minimum atomic E-state index is -0.254. The van der Waals surface area contributed by atoms with E-state index in [1.165, 1.54) is 17.7 Å². The van der Waals surface area contributed by atoms with Crippen LogP contribution in [-0.2, 0) is 6.42 Å². The third kappa shape index (κ3) is 3.67. The van der Waals surface area contributed by atoms with Crippen LogP contribution in [0.15, 0.2) is 91.3 Å². The maximum Gasteiger partial charge on any atom is 0.174 e. The number of anilines is 1. The van der Waals surface area contributed by atoms with Gasteiger partial charge in [-0.1, -0.05) is 25.1 Å². The maximum atomic E-state index is 13.6. The van der Waals surface area contributed by atoms with Crippen LogP contribution in [0.5, 0.6) is 0 Å². The molecule has 1 N–H and O–H groups in total. The summed E-state index contributed by atoms with van der Waals surface area (Å²) in [5, 5.41) is 4.15. The van der Waals surface area contributed by atoms with Gasteiger partial charge in [-0.25, -0.2) is 4.39 Å². The first-order chi connectivity index (χ1) is 15.7.